The Balaban J connectivity index is 2.42. The van der Waals surface area contributed by atoms with Gasteiger partial charge in [-0.2, -0.15) is 10.4 Å². The SMILES string of the molecule is Cc1ccc(Nc2nnc(C)c(C)c2C#N)cc1N(C)C. The van der Waals surface area contributed by atoms with Crippen LogP contribution in [0.5, 0.6) is 0 Å². The molecule has 0 bridgehead atoms. The molecule has 0 aliphatic rings. The normalized spacial score (nSPS) is 10.1. The Labute approximate surface area is 125 Å². The highest BCUT2D eigenvalue weighted by atomic mass is 15.2. The van der Waals surface area contributed by atoms with Gasteiger partial charge >= 0.3 is 0 Å². The highest BCUT2D eigenvalue weighted by Crippen LogP contribution is 2.26. The number of aryl methyl sites for hydroxylation is 2. The zero-order valence-electron chi connectivity index (χ0n) is 13.0. The molecule has 2 rings (SSSR count). The first-order valence-corrected chi connectivity index (χ1v) is 6.73. The molecule has 0 aliphatic heterocycles. The quantitative estimate of drug-likeness (QED) is 0.936. The minimum absolute atomic E-state index is 0.495. The molecule has 1 aromatic carbocycles. The molecule has 108 valence electrons. The second-order valence-corrected chi connectivity index (χ2v) is 5.27. The third-order valence-corrected chi connectivity index (χ3v) is 3.52. The molecule has 5 nitrogen and oxygen atoms in total. The highest BCUT2D eigenvalue weighted by Gasteiger charge is 2.11. The molecular formula is C16H19N5. The van der Waals surface area contributed by atoms with Crippen LogP contribution in [-0.4, -0.2) is 24.3 Å². The molecule has 2 aromatic rings. The van der Waals surface area contributed by atoms with E-state index in [4.69, 9.17) is 0 Å². The van der Waals surface area contributed by atoms with E-state index < -0.39 is 0 Å². The third kappa shape index (κ3) is 2.95. The average molecular weight is 281 g/mol. The molecule has 0 unspecified atom stereocenters. The van der Waals surface area contributed by atoms with Gasteiger partial charge in [-0.1, -0.05) is 6.07 Å². The van der Waals surface area contributed by atoms with Crippen molar-refractivity contribution < 1.29 is 0 Å². The first kappa shape index (κ1) is 14.8. The zero-order valence-corrected chi connectivity index (χ0v) is 13.0. The summed E-state index contributed by atoms with van der Waals surface area (Å²) in [5.41, 5.74) is 5.37. The van der Waals surface area contributed by atoms with E-state index in [1.165, 1.54) is 5.56 Å². The van der Waals surface area contributed by atoms with E-state index >= 15 is 0 Å². The van der Waals surface area contributed by atoms with E-state index in [9.17, 15) is 5.26 Å². The first-order chi connectivity index (χ1) is 9.93. The van der Waals surface area contributed by atoms with Crippen LogP contribution in [-0.2, 0) is 0 Å². The maximum atomic E-state index is 9.32. The van der Waals surface area contributed by atoms with Gasteiger partial charge in [0.15, 0.2) is 5.82 Å². The van der Waals surface area contributed by atoms with Crippen molar-refractivity contribution in [2.75, 3.05) is 24.3 Å². The first-order valence-electron chi connectivity index (χ1n) is 6.73. The molecule has 0 spiro atoms. The van der Waals surface area contributed by atoms with Crippen molar-refractivity contribution in [3.05, 3.63) is 40.6 Å². The molecule has 1 heterocycles. The number of anilines is 3. The van der Waals surface area contributed by atoms with Crippen LogP contribution in [0.1, 0.15) is 22.4 Å². The second kappa shape index (κ2) is 5.80. The third-order valence-electron chi connectivity index (χ3n) is 3.52. The Hall–Kier alpha value is -2.61. The summed E-state index contributed by atoms with van der Waals surface area (Å²) in [6.07, 6.45) is 0. The van der Waals surface area contributed by atoms with Crippen molar-refractivity contribution in [2.45, 2.75) is 20.8 Å². The van der Waals surface area contributed by atoms with Gasteiger partial charge in [0.1, 0.15) is 11.6 Å². The lowest BCUT2D eigenvalue weighted by Crippen LogP contribution is -2.11. The smallest absolute Gasteiger partial charge is 0.171 e. The van der Waals surface area contributed by atoms with Crippen LogP contribution in [0.4, 0.5) is 17.2 Å². The molecule has 1 N–H and O–H groups in total. The minimum atomic E-state index is 0.495. The predicted octanol–water partition coefficient (Wildman–Crippen LogP) is 3.08. The number of aromatic nitrogens is 2. The van der Waals surface area contributed by atoms with Gasteiger partial charge in [-0.15, -0.1) is 5.10 Å². The largest absolute Gasteiger partial charge is 0.377 e. The maximum absolute atomic E-state index is 9.32. The predicted molar refractivity (Wildman–Crippen MR) is 85.0 cm³/mol. The standard InChI is InChI=1S/C16H19N5/c1-10-6-7-13(8-15(10)21(4)5)18-16-14(9-17)11(2)12(3)19-20-16/h6-8H,1-5H3,(H,18,20). The number of rotatable bonds is 3. The van der Waals surface area contributed by atoms with Crippen molar-refractivity contribution in [2.24, 2.45) is 0 Å². The van der Waals surface area contributed by atoms with Gasteiger partial charge in [0.2, 0.25) is 0 Å². The van der Waals surface area contributed by atoms with Crippen LogP contribution in [0.25, 0.3) is 0 Å². The summed E-state index contributed by atoms with van der Waals surface area (Å²) in [6, 6.07) is 8.25. The molecule has 0 aliphatic carbocycles. The van der Waals surface area contributed by atoms with Crippen LogP contribution >= 0.6 is 0 Å². The van der Waals surface area contributed by atoms with E-state index in [0.717, 1.165) is 22.6 Å². The van der Waals surface area contributed by atoms with Gasteiger partial charge in [-0.3, -0.25) is 0 Å². The fourth-order valence-electron chi connectivity index (χ4n) is 2.14. The molecule has 21 heavy (non-hydrogen) atoms. The van der Waals surface area contributed by atoms with Crippen molar-refractivity contribution in [1.29, 1.82) is 5.26 Å². The number of hydrogen-bond donors (Lipinski definition) is 1. The molecule has 0 radical (unpaired) electrons. The fraction of sp³-hybridized carbons (Fsp3) is 0.312. The van der Waals surface area contributed by atoms with E-state index in [2.05, 4.69) is 33.4 Å². The summed E-state index contributed by atoms with van der Waals surface area (Å²) in [5.74, 6) is 0.495. The Morgan fingerprint density at radius 1 is 1.14 bits per heavy atom. The summed E-state index contributed by atoms with van der Waals surface area (Å²) in [5, 5.41) is 20.7. The Morgan fingerprint density at radius 3 is 2.48 bits per heavy atom. The maximum Gasteiger partial charge on any atom is 0.171 e. The van der Waals surface area contributed by atoms with Crippen molar-refractivity contribution in [3.63, 3.8) is 0 Å². The van der Waals surface area contributed by atoms with Crippen LogP contribution in [0.2, 0.25) is 0 Å². The Morgan fingerprint density at radius 2 is 1.86 bits per heavy atom. The molecule has 5 heteroatoms. The van der Waals surface area contributed by atoms with E-state index in [1.807, 2.05) is 46.1 Å². The summed E-state index contributed by atoms with van der Waals surface area (Å²) in [4.78, 5) is 2.05. The number of nitriles is 1. The zero-order chi connectivity index (χ0) is 15.6. The minimum Gasteiger partial charge on any atom is -0.377 e. The highest BCUT2D eigenvalue weighted by molar-refractivity contribution is 5.69. The van der Waals surface area contributed by atoms with Gasteiger partial charge in [-0.25, -0.2) is 0 Å². The summed E-state index contributed by atoms with van der Waals surface area (Å²) in [6.45, 7) is 5.80. The molecule has 0 saturated carbocycles. The lowest BCUT2D eigenvalue weighted by Gasteiger charge is -2.17. The second-order valence-electron chi connectivity index (χ2n) is 5.27. The molecule has 0 atom stereocenters. The monoisotopic (exact) mass is 281 g/mol. The van der Waals surface area contributed by atoms with Gasteiger partial charge in [0.05, 0.1) is 5.69 Å². The summed E-state index contributed by atoms with van der Waals surface area (Å²) < 4.78 is 0. The number of nitrogens with one attached hydrogen (secondary N) is 1. The van der Waals surface area contributed by atoms with Crippen molar-refractivity contribution >= 4 is 17.2 Å². The van der Waals surface area contributed by atoms with E-state index in [-0.39, 0.29) is 0 Å². The summed E-state index contributed by atoms with van der Waals surface area (Å²) >= 11 is 0. The molecule has 0 saturated heterocycles. The number of benzene rings is 1. The van der Waals surface area contributed by atoms with Crippen LogP contribution < -0.4 is 10.2 Å². The van der Waals surface area contributed by atoms with Crippen LogP contribution in [0.15, 0.2) is 18.2 Å². The van der Waals surface area contributed by atoms with Gasteiger partial charge in [0, 0.05) is 25.5 Å². The van der Waals surface area contributed by atoms with Gasteiger partial charge < -0.3 is 10.2 Å². The van der Waals surface area contributed by atoms with Gasteiger partial charge in [-0.05, 0) is 44.0 Å². The van der Waals surface area contributed by atoms with E-state index in [0.29, 0.717) is 11.4 Å². The van der Waals surface area contributed by atoms with Crippen LogP contribution in [0, 0.1) is 32.1 Å². The molecular weight excluding hydrogens is 262 g/mol. The van der Waals surface area contributed by atoms with E-state index in [1.54, 1.807) is 0 Å². The summed E-state index contributed by atoms with van der Waals surface area (Å²) in [7, 11) is 4.01. The lowest BCUT2D eigenvalue weighted by molar-refractivity contribution is 0.960. The number of nitrogens with zero attached hydrogens (tertiary/aromatic N) is 4. The lowest BCUT2D eigenvalue weighted by atomic mass is 10.1. The Kier molecular flexibility index (Phi) is 4.08. The molecule has 1 aromatic heterocycles. The Bertz CT molecular complexity index is 713. The van der Waals surface area contributed by atoms with Gasteiger partial charge in [0.25, 0.3) is 0 Å². The average Bonchev–Trinajstić information content (AvgIpc) is 2.45. The van der Waals surface area contributed by atoms with Crippen LogP contribution in [0.3, 0.4) is 0 Å². The molecule has 0 fully saturated rings. The van der Waals surface area contributed by atoms with Crippen molar-refractivity contribution in [3.8, 4) is 6.07 Å². The fourth-order valence-corrected chi connectivity index (χ4v) is 2.14. The number of hydrogen-bond acceptors (Lipinski definition) is 5. The topological polar surface area (TPSA) is 64.8 Å². The van der Waals surface area contributed by atoms with Crippen molar-refractivity contribution in [1.82, 2.24) is 10.2 Å². The molecule has 0 amide bonds.